The fraction of sp³-hybridized carbons (Fsp3) is 0.231. The lowest BCUT2D eigenvalue weighted by Crippen LogP contribution is -2.41. The Labute approximate surface area is 213 Å². The van der Waals surface area contributed by atoms with Gasteiger partial charge in [-0.25, -0.2) is 14.4 Å². The Kier molecular flexibility index (Phi) is 8.37. The van der Waals surface area contributed by atoms with Gasteiger partial charge in [-0.05, 0) is 17.7 Å². The van der Waals surface area contributed by atoms with Crippen molar-refractivity contribution in [2.75, 3.05) is 39.9 Å². The van der Waals surface area contributed by atoms with Crippen molar-refractivity contribution in [3.63, 3.8) is 0 Å². The zero-order valence-corrected chi connectivity index (χ0v) is 20.6. The lowest BCUT2D eigenvalue weighted by Gasteiger charge is -2.36. The quantitative estimate of drug-likeness (QED) is 0.413. The lowest BCUT2D eigenvalue weighted by atomic mass is 9.81. The fourth-order valence-corrected chi connectivity index (χ4v) is 3.90. The van der Waals surface area contributed by atoms with Crippen molar-refractivity contribution >= 4 is 23.6 Å². The molecule has 0 aliphatic carbocycles. The van der Waals surface area contributed by atoms with Crippen molar-refractivity contribution in [3.05, 3.63) is 76.8 Å². The summed E-state index contributed by atoms with van der Waals surface area (Å²) in [4.78, 5) is 39.1. The molecule has 0 bridgehead atoms. The van der Waals surface area contributed by atoms with E-state index in [1.807, 2.05) is 0 Å². The number of allylic oxidation sites excluding steroid dienone is 1. The van der Waals surface area contributed by atoms with E-state index < -0.39 is 23.8 Å². The van der Waals surface area contributed by atoms with Gasteiger partial charge in [-0.2, -0.15) is 5.26 Å². The number of nitrogens with two attached hydrogens (primary N) is 1. The Hall–Kier alpha value is -4.98. The van der Waals surface area contributed by atoms with Crippen LogP contribution in [0.15, 0.2) is 71.2 Å². The summed E-state index contributed by atoms with van der Waals surface area (Å²) in [6.07, 6.45) is 0. The predicted molar refractivity (Wildman–Crippen MR) is 130 cm³/mol. The summed E-state index contributed by atoms with van der Waals surface area (Å²) in [6, 6.07) is 15.2. The van der Waals surface area contributed by atoms with E-state index in [2.05, 4.69) is 10.8 Å². The van der Waals surface area contributed by atoms with Crippen LogP contribution in [0.5, 0.6) is 11.5 Å². The third kappa shape index (κ3) is 5.18. The number of nitriles is 1. The van der Waals surface area contributed by atoms with Gasteiger partial charge in [-0.3, -0.25) is 4.90 Å². The third-order valence-electron chi connectivity index (χ3n) is 5.59. The summed E-state index contributed by atoms with van der Waals surface area (Å²) in [5.41, 5.74) is 6.75. The molecule has 11 nitrogen and oxygen atoms in total. The average Bonchev–Trinajstić information content (AvgIpc) is 2.94. The maximum Gasteiger partial charge on any atom is 0.355 e. The molecule has 0 saturated heterocycles. The number of ether oxygens (including phenoxy) is 5. The van der Waals surface area contributed by atoms with Crippen molar-refractivity contribution in [1.82, 2.24) is 0 Å². The van der Waals surface area contributed by atoms with E-state index in [-0.39, 0.29) is 46.5 Å². The van der Waals surface area contributed by atoms with Gasteiger partial charge >= 0.3 is 17.9 Å². The molecule has 1 unspecified atom stereocenters. The summed E-state index contributed by atoms with van der Waals surface area (Å²) in [5, 5.41) is 10.2. The summed E-state index contributed by atoms with van der Waals surface area (Å²) in [7, 11) is 4.91. The molecule has 0 aromatic heterocycles. The Bertz CT molecular complexity index is 1310. The number of hydrogen-bond acceptors (Lipinski definition) is 11. The van der Waals surface area contributed by atoms with Gasteiger partial charge in [0.2, 0.25) is 0 Å². The number of esters is 3. The van der Waals surface area contributed by atoms with Crippen LogP contribution in [0.2, 0.25) is 0 Å². The number of hydrogen-bond donors (Lipinski definition) is 1. The first kappa shape index (κ1) is 26.6. The topological polar surface area (TPSA) is 150 Å². The second kappa shape index (κ2) is 11.6. The predicted octanol–water partition coefficient (Wildman–Crippen LogP) is 2.14. The third-order valence-corrected chi connectivity index (χ3v) is 5.59. The zero-order chi connectivity index (χ0) is 27.1. The highest BCUT2D eigenvalue weighted by Crippen LogP contribution is 2.46. The molecule has 192 valence electrons. The standard InChI is InChI=1S/C26H25N3O8/c1-33-19-11-10-16(37-14-20(30)34-2)12-18(19)29-23(26(32)36-4)22(25(31)35-3)21(17(13-27)24(29)28)15-8-6-5-7-9-15/h5-12,21H,14,28H2,1-4H3. The molecule has 2 aromatic rings. The van der Waals surface area contributed by atoms with E-state index in [1.165, 1.54) is 37.3 Å². The highest BCUT2D eigenvalue weighted by Gasteiger charge is 2.43. The molecule has 1 heterocycles. The fourth-order valence-electron chi connectivity index (χ4n) is 3.90. The van der Waals surface area contributed by atoms with Crippen LogP contribution < -0.4 is 20.1 Å². The highest BCUT2D eigenvalue weighted by molar-refractivity contribution is 6.06. The lowest BCUT2D eigenvalue weighted by molar-refractivity contribution is -0.143. The molecule has 2 aromatic carbocycles. The Morgan fingerprint density at radius 2 is 1.65 bits per heavy atom. The number of anilines is 1. The minimum Gasteiger partial charge on any atom is -0.495 e. The van der Waals surface area contributed by atoms with Crippen LogP contribution in [0.25, 0.3) is 0 Å². The first-order valence-electron chi connectivity index (χ1n) is 10.9. The molecular formula is C26H25N3O8. The minimum atomic E-state index is -1.02. The van der Waals surface area contributed by atoms with E-state index >= 15 is 0 Å². The van der Waals surface area contributed by atoms with Crippen LogP contribution in [-0.4, -0.2) is 53.0 Å². The Balaban J connectivity index is 2.36. The normalized spacial score (nSPS) is 15.0. The Morgan fingerprint density at radius 3 is 2.22 bits per heavy atom. The van der Waals surface area contributed by atoms with Gasteiger partial charge in [-0.15, -0.1) is 0 Å². The number of carbonyl (C=O) groups is 3. The molecular weight excluding hydrogens is 482 g/mol. The summed E-state index contributed by atoms with van der Waals surface area (Å²) in [5.74, 6) is -3.14. The number of rotatable bonds is 8. The number of benzene rings is 2. The molecule has 0 radical (unpaired) electrons. The van der Waals surface area contributed by atoms with Crippen molar-refractivity contribution in [2.24, 2.45) is 5.73 Å². The van der Waals surface area contributed by atoms with Crippen molar-refractivity contribution in [3.8, 4) is 17.6 Å². The van der Waals surface area contributed by atoms with Gasteiger partial charge in [0.25, 0.3) is 0 Å². The van der Waals surface area contributed by atoms with Gasteiger partial charge in [-0.1, -0.05) is 30.3 Å². The van der Waals surface area contributed by atoms with Gasteiger partial charge in [0, 0.05) is 6.07 Å². The summed E-state index contributed by atoms with van der Waals surface area (Å²) < 4.78 is 25.6. The van der Waals surface area contributed by atoms with Gasteiger partial charge in [0.1, 0.15) is 23.0 Å². The van der Waals surface area contributed by atoms with Crippen LogP contribution in [0.4, 0.5) is 5.69 Å². The van der Waals surface area contributed by atoms with E-state index in [9.17, 15) is 19.6 Å². The molecule has 1 aliphatic heterocycles. The second-order valence-corrected chi connectivity index (χ2v) is 7.53. The van der Waals surface area contributed by atoms with Crippen LogP contribution in [-0.2, 0) is 28.6 Å². The number of nitrogens with zero attached hydrogens (tertiary/aromatic N) is 2. The molecule has 11 heteroatoms. The first-order chi connectivity index (χ1) is 17.8. The maximum atomic E-state index is 13.2. The van der Waals surface area contributed by atoms with E-state index in [1.54, 1.807) is 30.3 Å². The molecule has 1 atom stereocenters. The summed E-state index contributed by atoms with van der Waals surface area (Å²) in [6.45, 7) is -0.389. The van der Waals surface area contributed by atoms with Crippen molar-refractivity contribution in [1.29, 1.82) is 5.26 Å². The summed E-state index contributed by atoms with van der Waals surface area (Å²) >= 11 is 0. The van der Waals surface area contributed by atoms with Gasteiger partial charge < -0.3 is 29.4 Å². The van der Waals surface area contributed by atoms with Gasteiger partial charge in [0.05, 0.1) is 57.3 Å². The monoisotopic (exact) mass is 507 g/mol. The Morgan fingerprint density at radius 1 is 0.973 bits per heavy atom. The van der Waals surface area contributed by atoms with Crippen LogP contribution in [0.3, 0.4) is 0 Å². The maximum absolute atomic E-state index is 13.2. The molecule has 3 rings (SSSR count). The SMILES string of the molecule is COC(=O)COc1ccc(OC)c(N2C(N)=C(C#N)C(c3ccccc3)C(C(=O)OC)=C2C(=O)OC)c1. The van der Waals surface area contributed by atoms with Crippen LogP contribution in [0.1, 0.15) is 11.5 Å². The number of methoxy groups -OCH3 is 4. The van der Waals surface area contributed by atoms with E-state index in [4.69, 9.17) is 24.7 Å². The van der Waals surface area contributed by atoms with Crippen molar-refractivity contribution in [2.45, 2.75) is 5.92 Å². The average molecular weight is 507 g/mol. The molecule has 2 N–H and O–H groups in total. The molecule has 0 saturated carbocycles. The molecule has 37 heavy (non-hydrogen) atoms. The van der Waals surface area contributed by atoms with E-state index in [0.717, 1.165) is 14.2 Å². The molecule has 1 aliphatic rings. The smallest absolute Gasteiger partial charge is 0.355 e. The minimum absolute atomic E-state index is 0.0119. The second-order valence-electron chi connectivity index (χ2n) is 7.53. The zero-order valence-electron chi connectivity index (χ0n) is 20.6. The van der Waals surface area contributed by atoms with Crippen LogP contribution in [0, 0.1) is 11.3 Å². The van der Waals surface area contributed by atoms with Gasteiger partial charge in [0.15, 0.2) is 6.61 Å². The molecule has 0 fully saturated rings. The van der Waals surface area contributed by atoms with E-state index in [0.29, 0.717) is 5.56 Å². The van der Waals surface area contributed by atoms with Crippen molar-refractivity contribution < 1.29 is 38.1 Å². The highest BCUT2D eigenvalue weighted by atomic mass is 16.6. The largest absolute Gasteiger partial charge is 0.495 e. The first-order valence-corrected chi connectivity index (χ1v) is 10.9. The number of carbonyl (C=O) groups excluding carboxylic acids is 3. The molecule has 0 amide bonds. The molecule has 0 spiro atoms. The van der Waals surface area contributed by atoms with Crippen LogP contribution >= 0.6 is 0 Å².